The Labute approximate surface area is 209 Å². The number of hydrogen-bond acceptors (Lipinski definition) is 6. The van der Waals surface area contributed by atoms with Crippen LogP contribution in [0.3, 0.4) is 0 Å². The monoisotopic (exact) mass is 490 g/mol. The molecule has 8 heteroatoms. The molecule has 0 saturated heterocycles. The zero-order valence-corrected chi connectivity index (χ0v) is 21.1. The number of nitrogens with one attached hydrogen (secondary N) is 1. The van der Waals surface area contributed by atoms with Gasteiger partial charge in [-0.05, 0) is 42.9 Å². The van der Waals surface area contributed by atoms with Crippen LogP contribution in [0.2, 0.25) is 0 Å². The Morgan fingerprint density at radius 3 is 2.74 bits per heavy atom. The molecule has 1 amide bonds. The number of Topliss-reactive ketones (excluding diaryl/α,β-unsaturated/α-hetero) is 1. The van der Waals surface area contributed by atoms with E-state index in [1.807, 2.05) is 50.4 Å². The molecule has 0 fully saturated rings. The molecule has 7 nitrogen and oxygen atoms in total. The average Bonchev–Trinajstić information content (AvgIpc) is 3.41. The summed E-state index contributed by atoms with van der Waals surface area (Å²) >= 11 is 1.52. The maximum atomic E-state index is 12.8. The van der Waals surface area contributed by atoms with Crippen molar-refractivity contribution in [3.8, 4) is 6.07 Å². The van der Waals surface area contributed by atoms with Crippen molar-refractivity contribution in [2.45, 2.75) is 64.0 Å². The number of aromatic nitrogens is 2. The lowest BCUT2D eigenvalue weighted by atomic mass is 9.91. The Hall–Kier alpha value is -3.44. The van der Waals surface area contributed by atoms with E-state index in [1.54, 1.807) is 10.9 Å². The predicted octanol–water partition coefficient (Wildman–Crippen LogP) is 5.00. The highest BCUT2D eigenvalue weighted by atomic mass is 32.1. The Morgan fingerprint density at radius 2 is 2.06 bits per heavy atom. The summed E-state index contributed by atoms with van der Waals surface area (Å²) < 4.78 is 7.42. The summed E-state index contributed by atoms with van der Waals surface area (Å²) in [5.74, 6) is 0.265. The van der Waals surface area contributed by atoms with Gasteiger partial charge in [0.05, 0.1) is 17.3 Å². The second-order valence-electron chi connectivity index (χ2n) is 9.16. The molecular weight excluding hydrogens is 460 g/mol. The van der Waals surface area contributed by atoms with Crippen LogP contribution in [-0.4, -0.2) is 27.8 Å². The summed E-state index contributed by atoms with van der Waals surface area (Å²) in [7, 11) is 1.83. The molecule has 1 aliphatic rings. The molecule has 1 aliphatic carbocycles. The third-order valence-corrected chi connectivity index (χ3v) is 7.83. The Balaban J connectivity index is 1.36. The van der Waals surface area contributed by atoms with E-state index in [0.717, 1.165) is 26.6 Å². The first-order valence-corrected chi connectivity index (χ1v) is 12.7. The number of nitriles is 1. The summed E-state index contributed by atoms with van der Waals surface area (Å²) in [6.45, 7) is 3.94. The molecule has 0 aliphatic heterocycles. The van der Waals surface area contributed by atoms with Gasteiger partial charge in [0.2, 0.25) is 0 Å². The predicted molar refractivity (Wildman–Crippen MR) is 134 cm³/mol. The number of ether oxygens (including phenoxy) is 1. The number of ketones is 1. The normalized spacial score (nSPS) is 16.6. The van der Waals surface area contributed by atoms with Crippen LogP contribution < -0.4 is 5.32 Å². The topological polar surface area (TPSA) is 97.0 Å². The Morgan fingerprint density at radius 1 is 1.29 bits per heavy atom. The fraction of sp³-hybridized carbons (Fsp3) is 0.407. The van der Waals surface area contributed by atoms with Crippen LogP contribution in [0.5, 0.6) is 0 Å². The summed E-state index contributed by atoms with van der Waals surface area (Å²) in [6.07, 6.45) is 3.57. The first kappa shape index (κ1) is 24.7. The molecule has 4 rings (SSSR count). The molecule has 0 spiro atoms. The number of thiophene rings is 1. The van der Waals surface area contributed by atoms with Crippen molar-refractivity contribution in [1.82, 2.24) is 15.1 Å². The van der Waals surface area contributed by atoms with E-state index < -0.39 is 6.09 Å². The lowest BCUT2D eigenvalue weighted by molar-refractivity contribution is -0.118. The van der Waals surface area contributed by atoms with E-state index in [4.69, 9.17) is 4.74 Å². The van der Waals surface area contributed by atoms with E-state index in [9.17, 15) is 14.9 Å². The molecule has 1 aromatic carbocycles. The van der Waals surface area contributed by atoms with Crippen LogP contribution in [0.25, 0.3) is 0 Å². The number of nitrogens with zero attached hydrogens (tertiary/aromatic N) is 3. The fourth-order valence-corrected chi connectivity index (χ4v) is 6.10. The van der Waals surface area contributed by atoms with E-state index in [0.29, 0.717) is 31.2 Å². The number of carbonyl (C=O) groups excluding carboxylic acids is 2. The first-order valence-electron chi connectivity index (χ1n) is 11.9. The Kier molecular flexibility index (Phi) is 7.67. The van der Waals surface area contributed by atoms with Gasteiger partial charge >= 0.3 is 6.09 Å². The first-order chi connectivity index (χ1) is 16.9. The van der Waals surface area contributed by atoms with Crippen LogP contribution in [0.1, 0.15) is 70.8 Å². The molecule has 3 unspecified atom stereocenters. The van der Waals surface area contributed by atoms with E-state index in [1.165, 1.54) is 11.3 Å². The van der Waals surface area contributed by atoms with Crippen LogP contribution in [-0.2, 0) is 35.8 Å². The van der Waals surface area contributed by atoms with E-state index in [2.05, 4.69) is 23.4 Å². The molecule has 1 N–H and O–H groups in total. The lowest BCUT2D eigenvalue weighted by Crippen LogP contribution is -2.34. The van der Waals surface area contributed by atoms with Gasteiger partial charge in [-0.25, -0.2) is 4.79 Å². The third kappa shape index (κ3) is 5.80. The second kappa shape index (κ2) is 10.9. The second-order valence-corrected chi connectivity index (χ2v) is 10.4. The standard InChI is InChI=1S/C27H30N4O3S/c1-17(19-7-5-4-6-8-19)13-20(32)14-25-23(16-28)22-10-9-21(15-26(22)35-25)34-27(33)30-18(2)24-11-12-29-31(24)3/h4-8,11-12,17-18,21H,9-10,13-15H2,1-3H3,(H,30,33). The summed E-state index contributed by atoms with van der Waals surface area (Å²) in [4.78, 5) is 27.2. The van der Waals surface area contributed by atoms with Gasteiger partial charge in [-0.1, -0.05) is 37.3 Å². The summed E-state index contributed by atoms with van der Waals surface area (Å²) in [5.41, 5.74) is 3.68. The third-order valence-electron chi connectivity index (χ3n) is 6.58. The summed E-state index contributed by atoms with van der Waals surface area (Å²) in [6, 6.07) is 14.0. The fourth-order valence-electron chi connectivity index (χ4n) is 4.70. The molecule has 0 radical (unpaired) electrons. The number of amides is 1. The molecule has 182 valence electrons. The van der Waals surface area contributed by atoms with Gasteiger partial charge in [0.25, 0.3) is 0 Å². The zero-order chi connectivity index (χ0) is 24.9. The van der Waals surface area contributed by atoms with Crippen LogP contribution in [0.4, 0.5) is 4.79 Å². The van der Waals surface area contributed by atoms with Crippen molar-refractivity contribution >= 4 is 23.2 Å². The van der Waals surface area contributed by atoms with Crippen molar-refractivity contribution in [2.75, 3.05) is 0 Å². The van der Waals surface area contributed by atoms with Gasteiger partial charge in [-0.15, -0.1) is 11.3 Å². The van der Waals surface area contributed by atoms with Gasteiger partial charge in [0, 0.05) is 42.3 Å². The van der Waals surface area contributed by atoms with Gasteiger partial charge in [-0.3, -0.25) is 9.48 Å². The molecular formula is C27H30N4O3S. The minimum atomic E-state index is -0.463. The SMILES string of the molecule is CC(CC(=O)Cc1sc2c(c1C#N)CCC(OC(=O)NC(C)c1ccnn1C)C2)c1ccccc1. The minimum Gasteiger partial charge on any atom is -0.446 e. The van der Waals surface area contributed by atoms with Crippen LogP contribution in [0, 0.1) is 11.3 Å². The smallest absolute Gasteiger partial charge is 0.407 e. The minimum absolute atomic E-state index is 0.132. The molecule has 2 aromatic heterocycles. The number of rotatable bonds is 8. The lowest BCUT2D eigenvalue weighted by Gasteiger charge is -2.23. The molecule has 35 heavy (non-hydrogen) atoms. The number of benzene rings is 1. The molecule has 3 atom stereocenters. The number of alkyl carbamates (subject to hydrolysis) is 1. The quantitative estimate of drug-likeness (QED) is 0.479. The van der Waals surface area contributed by atoms with Crippen molar-refractivity contribution < 1.29 is 14.3 Å². The highest BCUT2D eigenvalue weighted by molar-refractivity contribution is 7.12. The molecule has 0 bridgehead atoms. The zero-order valence-electron chi connectivity index (χ0n) is 20.3. The average molecular weight is 491 g/mol. The van der Waals surface area contributed by atoms with Gasteiger partial charge in [0.15, 0.2) is 0 Å². The van der Waals surface area contributed by atoms with E-state index >= 15 is 0 Å². The van der Waals surface area contributed by atoms with Crippen molar-refractivity contribution in [3.05, 3.63) is 74.7 Å². The van der Waals surface area contributed by atoms with Crippen LogP contribution in [0.15, 0.2) is 42.6 Å². The van der Waals surface area contributed by atoms with E-state index in [-0.39, 0.29) is 30.3 Å². The maximum absolute atomic E-state index is 12.8. The number of fused-ring (bicyclic) bond motifs is 1. The van der Waals surface area contributed by atoms with Crippen molar-refractivity contribution in [2.24, 2.45) is 7.05 Å². The highest BCUT2D eigenvalue weighted by Gasteiger charge is 2.29. The van der Waals surface area contributed by atoms with Gasteiger partial charge in [-0.2, -0.15) is 10.4 Å². The molecule has 0 saturated carbocycles. The van der Waals surface area contributed by atoms with Gasteiger partial charge < -0.3 is 10.1 Å². The largest absolute Gasteiger partial charge is 0.446 e. The Bertz CT molecular complexity index is 1240. The van der Waals surface area contributed by atoms with Crippen molar-refractivity contribution in [3.63, 3.8) is 0 Å². The van der Waals surface area contributed by atoms with Crippen LogP contribution >= 0.6 is 11.3 Å². The molecule has 2 heterocycles. The number of hydrogen-bond donors (Lipinski definition) is 1. The van der Waals surface area contributed by atoms with Gasteiger partial charge in [0.1, 0.15) is 18.0 Å². The number of carbonyl (C=O) groups is 2. The van der Waals surface area contributed by atoms with Crippen molar-refractivity contribution in [1.29, 1.82) is 5.26 Å². The maximum Gasteiger partial charge on any atom is 0.407 e. The number of aryl methyl sites for hydroxylation is 1. The molecule has 3 aromatic rings. The summed E-state index contributed by atoms with van der Waals surface area (Å²) in [5, 5.41) is 16.8. The highest BCUT2D eigenvalue weighted by Crippen LogP contribution is 2.36.